The first-order valence-electron chi connectivity index (χ1n) is 7.72. The van der Waals surface area contributed by atoms with Crippen molar-refractivity contribution in [1.29, 1.82) is 0 Å². The summed E-state index contributed by atoms with van der Waals surface area (Å²) in [7, 11) is -4.55. The summed E-state index contributed by atoms with van der Waals surface area (Å²) in [6.07, 6.45) is -4.58. The molecule has 0 bridgehead atoms. The first kappa shape index (κ1) is 20.9. The van der Waals surface area contributed by atoms with Crippen LogP contribution in [0, 0.1) is 11.6 Å². The molecule has 0 radical (unpaired) electrons. The molecule has 0 saturated heterocycles. The summed E-state index contributed by atoms with van der Waals surface area (Å²) in [6.45, 7) is -0.791. The lowest BCUT2D eigenvalue weighted by molar-refractivity contribution is -0.137. The molecule has 3 N–H and O–H groups in total. The van der Waals surface area contributed by atoms with Crippen LogP contribution in [0.5, 0.6) is 0 Å². The summed E-state index contributed by atoms with van der Waals surface area (Å²) in [5.41, 5.74) is -1.82. The Morgan fingerprint density at radius 1 is 1.07 bits per heavy atom. The molecule has 29 heavy (non-hydrogen) atoms. The number of hydrogen-bond donors (Lipinski definition) is 2. The van der Waals surface area contributed by atoms with Crippen molar-refractivity contribution in [2.45, 2.75) is 17.7 Å². The monoisotopic (exact) mass is 434 g/mol. The second kappa shape index (κ2) is 7.21. The number of alkyl halides is 3. The van der Waals surface area contributed by atoms with E-state index < -0.39 is 50.5 Å². The second-order valence-electron chi connectivity index (χ2n) is 5.87. The Morgan fingerprint density at radius 3 is 2.21 bits per heavy atom. The molecule has 0 amide bonds. The van der Waals surface area contributed by atoms with Crippen molar-refractivity contribution in [2.75, 3.05) is 0 Å². The third-order valence-electron chi connectivity index (χ3n) is 3.99. The lowest BCUT2D eigenvalue weighted by atomic mass is 9.98. The minimum atomic E-state index is -4.58. The molecule has 0 aliphatic rings. The third-order valence-corrected chi connectivity index (χ3v) is 4.92. The van der Waals surface area contributed by atoms with Gasteiger partial charge in [0.05, 0.1) is 11.1 Å². The number of primary sulfonamides is 1. The molecule has 3 aromatic rings. The van der Waals surface area contributed by atoms with Gasteiger partial charge in [-0.15, -0.1) is 0 Å². The van der Waals surface area contributed by atoms with Crippen LogP contribution < -0.4 is 5.14 Å². The highest BCUT2D eigenvalue weighted by Gasteiger charge is 2.31. The van der Waals surface area contributed by atoms with E-state index in [0.717, 1.165) is 24.3 Å². The van der Waals surface area contributed by atoms with E-state index >= 15 is 0 Å². The Hall–Kier alpha value is -2.83. The highest BCUT2D eigenvalue weighted by Crippen LogP contribution is 2.38. The van der Waals surface area contributed by atoms with Gasteiger partial charge >= 0.3 is 6.18 Å². The fraction of sp³-hybridized carbons (Fsp3) is 0.118. The minimum Gasteiger partial charge on any atom is -0.388 e. The van der Waals surface area contributed by atoms with E-state index in [0.29, 0.717) is 12.1 Å². The van der Waals surface area contributed by atoms with Crippen LogP contribution in [0.1, 0.15) is 11.3 Å². The van der Waals surface area contributed by atoms with Crippen LogP contribution in [0.2, 0.25) is 0 Å². The Kier molecular flexibility index (Phi) is 5.19. The fourth-order valence-electron chi connectivity index (χ4n) is 2.66. The van der Waals surface area contributed by atoms with Crippen molar-refractivity contribution in [3.8, 4) is 22.4 Å². The number of aliphatic hydroxyl groups excluding tert-OH is 1. The molecule has 12 heteroatoms. The first-order valence-corrected chi connectivity index (χ1v) is 9.27. The predicted octanol–water partition coefficient (Wildman–Crippen LogP) is 3.45. The van der Waals surface area contributed by atoms with Gasteiger partial charge in [-0.2, -0.15) is 13.2 Å². The highest BCUT2D eigenvalue weighted by molar-refractivity contribution is 7.89. The van der Waals surface area contributed by atoms with Crippen LogP contribution in [-0.4, -0.2) is 18.7 Å². The van der Waals surface area contributed by atoms with Gasteiger partial charge in [0.25, 0.3) is 0 Å². The zero-order valence-electron chi connectivity index (χ0n) is 14.2. The zero-order chi connectivity index (χ0) is 21.6. The molecule has 1 heterocycles. The molecule has 6 nitrogen and oxygen atoms in total. The standard InChI is InChI=1S/C17H11F5N2O4S/c18-11-6-14(29(23,26)27)12(19)5-10(11)15-13(7-25)28-24-16(15)8-1-3-9(4-2-8)17(20,21)22/h1-6,25H,7H2,(H2,23,26,27). The number of halogens is 5. The summed E-state index contributed by atoms with van der Waals surface area (Å²) in [4.78, 5) is -1.09. The number of aliphatic hydroxyl groups is 1. The molecule has 154 valence electrons. The maximum Gasteiger partial charge on any atom is 0.416 e. The van der Waals surface area contributed by atoms with E-state index in [9.17, 15) is 35.5 Å². The maximum absolute atomic E-state index is 14.6. The summed E-state index contributed by atoms with van der Waals surface area (Å²) in [5, 5.41) is 17.9. The number of sulfonamides is 1. The summed E-state index contributed by atoms with van der Waals surface area (Å²) < 4.78 is 94.6. The fourth-order valence-corrected chi connectivity index (χ4v) is 3.26. The predicted molar refractivity (Wildman–Crippen MR) is 89.6 cm³/mol. The molecule has 2 aromatic carbocycles. The molecule has 0 fully saturated rings. The Labute approximate surface area is 160 Å². The van der Waals surface area contributed by atoms with Crippen LogP contribution in [-0.2, 0) is 22.8 Å². The number of nitrogens with zero attached hydrogens (tertiary/aromatic N) is 1. The summed E-state index contributed by atoms with van der Waals surface area (Å²) in [6, 6.07) is 4.47. The number of hydrogen-bond acceptors (Lipinski definition) is 5. The molecule has 0 unspecified atom stereocenters. The SMILES string of the molecule is NS(=O)(=O)c1cc(F)c(-c2c(-c3ccc(C(F)(F)F)cc3)noc2CO)cc1F. The number of rotatable bonds is 4. The van der Waals surface area contributed by atoms with Crippen molar-refractivity contribution >= 4 is 10.0 Å². The van der Waals surface area contributed by atoms with Crippen LogP contribution in [0.3, 0.4) is 0 Å². The molecule has 0 aliphatic carbocycles. The second-order valence-corrected chi connectivity index (χ2v) is 7.40. The molecule has 3 rings (SSSR count). The third kappa shape index (κ3) is 3.99. The van der Waals surface area contributed by atoms with E-state index in [1.54, 1.807) is 0 Å². The molecular formula is C17H11F5N2O4S. The van der Waals surface area contributed by atoms with Gasteiger partial charge in [0.15, 0.2) is 5.76 Å². The van der Waals surface area contributed by atoms with Crippen LogP contribution in [0.4, 0.5) is 22.0 Å². The largest absolute Gasteiger partial charge is 0.416 e. The van der Waals surface area contributed by atoms with Gasteiger partial charge in [-0.1, -0.05) is 17.3 Å². The lowest BCUT2D eigenvalue weighted by Gasteiger charge is -2.09. The van der Waals surface area contributed by atoms with Gasteiger partial charge in [0.2, 0.25) is 10.0 Å². The van der Waals surface area contributed by atoms with Gasteiger partial charge in [-0.25, -0.2) is 22.3 Å². The van der Waals surface area contributed by atoms with Gasteiger partial charge in [0.1, 0.15) is 28.8 Å². The topological polar surface area (TPSA) is 106 Å². The van der Waals surface area contributed by atoms with E-state index in [4.69, 9.17) is 9.66 Å². The normalized spacial score (nSPS) is 12.4. The van der Waals surface area contributed by atoms with Crippen molar-refractivity contribution in [3.63, 3.8) is 0 Å². The van der Waals surface area contributed by atoms with Crippen molar-refractivity contribution in [2.24, 2.45) is 5.14 Å². The molecule has 0 saturated carbocycles. The Morgan fingerprint density at radius 2 is 1.69 bits per heavy atom. The van der Waals surface area contributed by atoms with Crippen molar-refractivity contribution in [3.05, 3.63) is 59.4 Å². The van der Waals surface area contributed by atoms with E-state index in [-0.39, 0.29) is 22.6 Å². The molecule has 0 spiro atoms. The number of benzene rings is 2. The molecule has 0 aliphatic heterocycles. The molecule has 0 atom stereocenters. The van der Waals surface area contributed by atoms with Crippen LogP contribution >= 0.6 is 0 Å². The average Bonchev–Trinajstić information content (AvgIpc) is 3.05. The zero-order valence-corrected chi connectivity index (χ0v) is 15.0. The van der Waals surface area contributed by atoms with Crippen molar-refractivity contribution < 1.29 is 40.0 Å². The van der Waals surface area contributed by atoms with Gasteiger partial charge < -0.3 is 9.63 Å². The number of nitrogens with two attached hydrogens (primary N) is 1. The lowest BCUT2D eigenvalue weighted by Crippen LogP contribution is -2.14. The quantitative estimate of drug-likeness (QED) is 0.612. The van der Waals surface area contributed by atoms with E-state index in [1.165, 1.54) is 0 Å². The van der Waals surface area contributed by atoms with E-state index in [2.05, 4.69) is 5.16 Å². The van der Waals surface area contributed by atoms with Gasteiger partial charge in [-0.3, -0.25) is 0 Å². The highest BCUT2D eigenvalue weighted by atomic mass is 32.2. The molecular weight excluding hydrogens is 423 g/mol. The smallest absolute Gasteiger partial charge is 0.388 e. The van der Waals surface area contributed by atoms with Crippen molar-refractivity contribution in [1.82, 2.24) is 5.16 Å². The number of aromatic nitrogens is 1. The molecule has 1 aromatic heterocycles. The summed E-state index contributed by atoms with van der Waals surface area (Å²) >= 11 is 0. The van der Waals surface area contributed by atoms with Crippen LogP contribution in [0.15, 0.2) is 45.8 Å². The van der Waals surface area contributed by atoms with Gasteiger partial charge in [0, 0.05) is 11.1 Å². The Balaban J connectivity index is 2.20. The minimum absolute atomic E-state index is 0.0618. The van der Waals surface area contributed by atoms with Crippen LogP contribution in [0.25, 0.3) is 22.4 Å². The van der Waals surface area contributed by atoms with E-state index in [1.807, 2.05) is 0 Å². The Bertz CT molecular complexity index is 1170. The average molecular weight is 434 g/mol. The maximum atomic E-state index is 14.6. The first-order chi connectivity index (χ1) is 13.4. The van der Waals surface area contributed by atoms with Gasteiger partial charge in [-0.05, 0) is 24.3 Å². The summed E-state index contributed by atoms with van der Waals surface area (Å²) in [5.74, 6) is -2.89.